The fourth-order valence-electron chi connectivity index (χ4n) is 3.62. The van der Waals surface area contributed by atoms with Crippen LogP contribution in [0, 0.1) is 18.8 Å². The Morgan fingerprint density at radius 1 is 0.656 bits per heavy atom. The van der Waals surface area contributed by atoms with Crippen LogP contribution < -0.4 is 9.47 Å². The first-order chi connectivity index (χ1) is 15.0. The highest BCUT2D eigenvalue weighted by Gasteiger charge is 2.16. The molecule has 2 nitrogen and oxygen atoms in total. The van der Waals surface area contributed by atoms with Crippen LogP contribution in [0.4, 0.5) is 0 Å². The molecule has 0 amide bonds. The number of rotatable bonds is 16. The number of aryl methyl sites for hydroxylation is 1. The van der Waals surface area contributed by atoms with Crippen LogP contribution >= 0.6 is 14.5 Å². The lowest BCUT2D eigenvalue weighted by atomic mass is 10.1. The molecular weight excluding hydrogens is 430 g/mol. The number of unbranched alkanes of at least 4 members (excludes halogenated alkanes) is 6. The predicted molar refractivity (Wildman–Crippen MR) is 151 cm³/mol. The molecule has 1 aromatic carbocycles. The van der Waals surface area contributed by atoms with Crippen LogP contribution in [-0.4, -0.2) is 65.5 Å². The minimum atomic E-state index is -0.623. The predicted octanol–water partition coefficient (Wildman–Crippen LogP) is 8.06. The summed E-state index contributed by atoms with van der Waals surface area (Å²) in [6.45, 7) is 20.1. The lowest BCUT2D eigenvalue weighted by Crippen LogP contribution is -2.03. The second-order valence-electron chi connectivity index (χ2n) is 11.0. The average molecular weight is 481 g/mol. The molecule has 182 valence electrons. The van der Waals surface area contributed by atoms with Crippen molar-refractivity contribution < 1.29 is 9.47 Å². The Balaban J connectivity index is 2.43. The van der Waals surface area contributed by atoms with Crippen molar-refractivity contribution in [3.05, 3.63) is 23.3 Å². The quantitative estimate of drug-likeness (QED) is 0.135. The molecule has 0 aromatic heterocycles. The second kappa shape index (κ2) is 15.2. The molecule has 32 heavy (non-hydrogen) atoms. The van der Waals surface area contributed by atoms with E-state index in [1.807, 2.05) is 6.92 Å². The third-order valence-corrected chi connectivity index (χ3v) is 8.81. The Morgan fingerprint density at radius 3 is 1.59 bits per heavy atom. The van der Waals surface area contributed by atoms with Gasteiger partial charge >= 0.3 is 0 Å². The van der Waals surface area contributed by atoms with Gasteiger partial charge in [0.05, 0.1) is 31.1 Å². The Labute approximate surface area is 201 Å². The van der Waals surface area contributed by atoms with Gasteiger partial charge in [-0.2, -0.15) is 0 Å². The summed E-state index contributed by atoms with van der Waals surface area (Å²) in [6.07, 6.45) is 12.9. The van der Waals surface area contributed by atoms with E-state index in [0.29, 0.717) is 0 Å². The zero-order valence-corrected chi connectivity index (χ0v) is 24.1. The Bertz CT molecular complexity index is 718. The SMILES string of the molecule is CC#Cc1cc(OCCCCCC[P+](C)(C)C)c(C)cc1OCCCCCC[P+](C)(C)C. The molecular formula is C28H50O2P2+2. The van der Waals surface area contributed by atoms with E-state index >= 15 is 0 Å². The maximum Gasteiger partial charge on any atom is 0.135 e. The first-order valence-corrected chi connectivity index (χ1v) is 19.1. The van der Waals surface area contributed by atoms with Gasteiger partial charge in [0, 0.05) is 54.5 Å². The van der Waals surface area contributed by atoms with Gasteiger partial charge in [-0.3, -0.25) is 0 Å². The van der Waals surface area contributed by atoms with Gasteiger partial charge in [0.2, 0.25) is 0 Å². The van der Waals surface area contributed by atoms with E-state index in [1.165, 1.54) is 50.8 Å². The minimum absolute atomic E-state index is 0.620. The van der Waals surface area contributed by atoms with Crippen molar-refractivity contribution in [2.45, 2.75) is 65.2 Å². The van der Waals surface area contributed by atoms with Crippen molar-refractivity contribution in [1.82, 2.24) is 0 Å². The van der Waals surface area contributed by atoms with Crippen LogP contribution in [0.3, 0.4) is 0 Å². The molecule has 0 atom stereocenters. The Hall–Kier alpha value is -0.760. The number of hydrogen-bond donors (Lipinski definition) is 0. The van der Waals surface area contributed by atoms with Gasteiger partial charge in [0.15, 0.2) is 0 Å². The van der Waals surface area contributed by atoms with E-state index < -0.39 is 14.5 Å². The number of benzene rings is 1. The van der Waals surface area contributed by atoms with E-state index in [1.54, 1.807) is 0 Å². The van der Waals surface area contributed by atoms with Crippen LogP contribution in [0.15, 0.2) is 12.1 Å². The van der Waals surface area contributed by atoms with Crippen molar-refractivity contribution in [3.8, 4) is 23.3 Å². The molecule has 0 saturated carbocycles. The van der Waals surface area contributed by atoms with E-state index in [0.717, 1.165) is 48.7 Å². The average Bonchev–Trinajstić information content (AvgIpc) is 2.67. The Morgan fingerprint density at radius 2 is 1.12 bits per heavy atom. The third kappa shape index (κ3) is 14.4. The van der Waals surface area contributed by atoms with Crippen molar-refractivity contribution >= 4 is 14.5 Å². The summed E-state index contributed by atoms with van der Waals surface area (Å²) >= 11 is 0. The van der Waals surface area contributed by atoms with Gasteiger partial charge in [0.25, 0.3) is 0 Å². The molecule has 0 fully saturated rings. The maximum absolute atomic E-state index is 6.12. The van der Waals surface area contributed by atoms with Gasteiger partial charge in [-0.15, -0.1) is 5.92 Å². The highest BCUT2D eigenvalue weighted by atomic mass is 31.2. The summed E-state index contributed by atoms with van der Waals surface area (Å²) in [5.41, 5.74) is 2.08. The first kappa shape index (κ1) is 29.3. The number of hydrogen-bond acceptors (Lipinski definition) is 2. The lowest BCUT2D eigenvalue weighted by Gasteiger charge is -2.14. The molecule has 0 spiro atoms. The normalized spacial score (nSPS) is 11.8. The molecule has 4 heteroatoms. The van der Waals surface area contributed by atoms with Crippen molar-refractivity contribution in [2.75, 3.05) is 65.5 Å². The lowest BCUT2D eigenvalue weighted by molar-refractivity contribution is 0.294. The largest absolute Gasteiger partial charge is 0.493 e. The van der Waals surface area contributed by atoms with Crippen LogP contribution in [0.2, 0.25) is 0 Å². The molecule has 0 N–H and O–H groups in total. The summed E-state index contributed by atoms with van der Waals surface area (Å²) in [5.74, 6) is 8.08. The molecule has 0 heterocycles. The highest BCUT2D eigenvalue weighted by Crippen LogP contribution is 2.47. The summed E-state index contributed by atoms with van der Waals surface area (Å²) < 4.78 is 12.2. The van der Waals surface area contributed by atoms with Crippen LogP contribution in [0.25, 0.3) is 0 Å². The standard InChI is InChI=1S/C28H50O2P2/c1-9-18-26-24-27(29-19-14-10-12-16-21-31(3,4)5)25(2)23-28(26)30-20-15-11-13-17-22-32(6,7)8/h23-24H,10-17,19-22H2,1-8H3/q+2. The van der Waals surface area contributed by atoms with Crippen LogP contribution in [0.1, 0.15) is 69.4 Å². The second-order valence-corrected chi connectivity index (χ2v) is 21.1. The molecule has 1 rings (SSSR count). The summed E-state index contributed by atoms with van der Waals surface area (Å²) in [6, 6.07) is 4.17. The molecule has 0 aliphatic heterocycles. The van der Waals surface area contributed by atoms with Gasteiger partial charge in [-0.1, -0.05) is 5.92 Å². The van der Waals surface area contributed by atoms with E-state index in [4.69, 9.17) is 9.47 Å². The zero-order valence-electron chi connectivity index (χ0n) is 22.4. The van der Waals surface area contributed by atoms with Gasteiger partial charge in [-0.05, 0) is 82.9 Å². The van der Waals surface area contributed by atoms with Gasteiger partial charge in [-0.25, -0.2) is 0 Å². The smallest absolute Gasteiger partial charge is 0.135 e. The van der Waals surface area contributed by atoms with Crippen molar-refractivity contribution in [2.24, 2.45) is 0 Å². The van der Waals surface area contributed by atoms with E-state index in [9.17, 15) is 0 Å². The van der Waals surface area contributed by atoms with Gasteiger partial charge < -0.3 is 9.47 Å². The van der Waals surface area contributed by atoms with Crippen LogP contribution in [-0.2, 0) is 0 Å². The molecule has 0 aliphatic rings. The molecule has 0 saturated heterocycles. The molecule has 0 unspecified atom stereocenters. The fraction of sp³-hybridized carbons (Fsp3) is 0.714. The summed E-state index contributed by atoms with van der Waals surface area (Å²) in [4.78, 5) is 0. The zero-order chi connectivity index (χ0) is 24.0. The Kier molecular flexibility index (Phi) is 13.9. The number of ether oxygens (including phenoxy) is 2. The first-order valence-electron chi connectivity index (χ1n) is 12.5. The monoisotopic (exact) mass is 480 g/mol. The van der Waals surface area contributed by atoms with Crippen molar-refractivity contribution in [1.29, 1.82) is 0 Å². The third-order valence-electron chi connectivity index (χ3n) is 5.50. The van der Waals surface area contributed by atoms with E-state index in [-0.39, 0.29) is 0 Å². The summed E-state index contributed by atoms with van der Waals surface area (Å²) in [5, 5.41) is 0. The van der Waals surface area contributed by atoms with Crippen LogP contribution in [0.5, 0.6) is 11.5 Å². The van der Waals surface area contributed by atoms with Gasteiger partial charge in [0.1, 0.15) is 11.5 Å². The molecule has 0 radical (unpaired) electrons. The maximum atomic E-state index is 6.12. The molecule has 0 bridgehead atoms. The molecule has 0 aliphatic carbocycles. The fourth-order valence-corrected chi connectivity index (χ4v) is 5.96. The topological polar surface area (TPSA) is 18.5 Å². The summed E-state index contributed by atoms with van der Waals surface area (Å²) in [7, 11) is -1.24. The van der Waals surface area contributed by atoms with E-state index in [2.05, 4.69) is 70.9 Å². The van der Waals surface area contributed by atoms with Crippen molar-refractivity contribution in [3.63, 3.8) is 0 Å². The highest BCUT2D eigenvalue weighted by molar-refractivity contribution is 7.74. The molecule has 1 aromatic rings. The minimum Gasteiger partial charge on any atom is -0.493 e.